The molecule has 0 aliphatic heterocycles. The molecule has 1 atom stereocenters. The van der Waals surface area contributed by atoms with E-state index in [4.69, 9.17) is 33.5 Å². The molecular weight excluding hydrogens is 482 g/mol. The first-order chi connectivity index (χ1) is 16.9. The molecule has 0 aliphatic carbocycles. The summed E-state index contributed by atoms with van der Waals surface area (Å²) in [6.45, 7) is 9.34. The van der Waals surface area contributed by atoms with Crippen molar-refractivity contribution in [2.75, 3.05) is 92.1 Å². The lowest BCUT2D eigenvalue weighted by Gasteiger charge is -2.12. The number of rotatable bonds is 26. The topological polar surface area (TPSA) is 139 Å². The summed E-state index contributed by atoms with van der Waals surface area (Å²) in [5.74, 6) is -1.04. The number of amides is 1. The van der Waals surface area contributed by atoms with Crippen molar-refractivity contribution in [2.24, 2.45) is 5.92 Å². The molecule has 0 saturated heterocycles. The number of thioether (sulfide) groups is 1. The number of carbonyl (C=O) groups is 3. The van der Waals surface area contributed by atoms with Crippen LogP contribution in [-0.4, -0.2) is 120 Å². The number of Topliss-reactive ketones (excluding diaryl/α,β-unsaturated/α-hetero) is 1. The molecule has 11 nitrogen and oxygen atoms in total. The molecule has 35 heavy (non-hydrogen) atoms. The van der Waals surface area contributed by atoms with Crippen LogP contribution in [0.15, 0.2) is 0 Å². The lowest BCUT2D eigenvalue weighted by atomic mass is 10.1. The smallest absolute Gasteiger partial charge is 0.305 e. The molecule has 12 heteroatoms. The molecule has 1 amide bonds. The van der Waals surface area contributed by atoms with Gasteiger partial charge in [0.15, 0.2) is 0 Å². The number of aliphatic carboxylic acids is 1. The van der Waals surface area contributed by atoms with E-state index in [0.717, 1.165) is 0 Å². The van der Waals surface area contributed by atoms with Crippen molar-refractivity contribution >= 4 is 29.4 Å². The van der Waals surface area contributed by atoms with Crippen LogP contribution in [0.2, 0.25) is 0 Å². The Labute approximate surface area is 212 Å². The van der Waals surface area contributed by atoms with Gasteiger partial charge in [0.1, 0.15) is 5.78 Å². The fraction of sp³-hybridized carbons (Fsp3) is 0.870. The van der Waals surface area contributed by atoms with Crippen molar-refractivity contribution in [1.29, 1.82) is 0 Å². The van der Waals surface area contributed by atoms with Crippen molar-refractivity contribution in [3.8, 4) is 0 Å². The summed E-state index contributed by atoms with van der Waals surface area (Å²) in [4.78, 5) is 33.9. The van der Waals surface area contributed by atoms with Crippen LogP contribution in [0.3, 0.4) is 0 Å². The van der Waals surface area contributed by atoms with Crippen LogP contribution in [0.1, 0.15) is 26.7 Å². The highest BCUT2D eigenvalue weighted by Crippen LogP contribution is 2.10. The van der Waals surface area contributed by atoms with Crippen molar-refractivity contribution in [3.63, 3.8) is 0 Å². The first-order valence-electron chi connectivity index (χ1n) is 11.9. The van der Waals surface area contributed by atoms with Gasteiger partial charge in [-0.05, 0) is 6.26 Å². The van der Waals surface area contributed by atoms with Gasteiger partial charge in [0.2, 0.25) is 5.91 Å². The molecule has 0 spiro atoms. The number of hydrogen-bond acceptors (Lipinski definition) is 10. The molecule has 2 N–H and O–H groups in total. The first-order valence-corrected chi connectivity index (χ1v) is 13.2. The normalized spacial score (nSPS) is 12.1. The summed E-state index contributed by atoms with van der Waals surface area (Å²) in [6.07, 6.45) is 1.94. The maximum absolute atomic E-state index is 11.8. The van der Waals surface area contributed by atoms with Crippen LogP contribution in [0.25, 0.3) is 0 Å². The Morgan fingerprint density at radius 3 is 1.49 bits per heavy atom. The standard InChI is InChI=1S/C23H43NO10S/c1-19(2)20(25)4-6-29-8-10-31-12-14-33-16-17-34-15-13-32-11-9-30-7-5-24-23(28)21(35-3)18-22(26)27/h19,21H,4-18H2,1-3H3,(H,24,28)(H,26,27). The largest absolute Gasteiger partial charge is 0.481 e. The minimum Gasteiger partial charge on any atom is -0.481 e. The van der Waals surface area contributed by atoms with Crippen LogP contribution < -0.4 is 5.32 Å². The van der Waals surface area contributed by atoms with Gasteiger partial charge < -0.3 is 38.8 Å². The van der Waals surface area contributed by atoms with E-state index in [0.29, 0.717) is 92.2 Å². The van der Waals surface area contributed by atoms with E-state index in [1.54, 1.807) is 6.26 Å². The number of nitrogens with one attached hydrogen (secondary N) is 1. The number of carboxylic acid groups (broad SMARTS) is 1. The van der Waals surface area contributed by atoms with Gasteiger partial charge in [-0.2, -0.15) is 11.8 Å². The summed E-state index contributed by atoms with van der Waals surface area (Å²) in [5.41, 5.74) is 0. The summed E-state index contributed by atoms with van der Waals surface area (Å²) in [7, 11) is 0. The number of ketones is 1. The Balaban J connectivity index is 3.25. The summed E-state index contributed by atoms with van der Waals surface area (Å²) in [5, 5.41) is 10.8. The van der Waals surface area contributed by atoms with Gasteiger partial charge in [-0.25, -0.2) is 0 Å². The molecule has 0 aromatic carbocycles. The minimum absolute atomic E-state index is 0.0513. The summed E-state index contributed by atoms with van der Waals surface area (Å²) < 4.78 is 32.3. The molecule has 0 fully saturated rings. The highest BCUT2D eigenvalue weighted by Gasteiger charge is 2.19. The number of hydrogen-bond donors (Lipinski definition) is 2. The monoisotopic (exact) mass is 525 g/mol. The van der Waals surface area contributed by atoms with E-state index >= 15 is 0 Å². The first kappa shape index (κ1) is 33.7. The molecular formula is C23H43NO10S. The van der Waals surface area contributed by atoms with Gasteiger partial charge in [0.05, 0.1) is 91.0 Å². The van der Waals surface area contributed by atoms with E-state index < -0.39 is 11.2 Å². The van der Waals surface area contributed by atoms with Gasteiger partial charge in [0, 0.05) is 18.9 Å². The Morgan fingerprint density at radius 2 is 1.11 bits per heavy atom. The van der Waals surface area contributed by atoms with Crippen LogP contribution in [0.4, 0.5) is 0 Å². The summed E-state index contributed by atoms with van der Waals surface area (Å²) in [6, 6.07) is 0. The molecule has 0 aliphatic rings. The fourth-order valence-electron chi connectivity index (χ4n) is 2.46. The molecule has 0 saturated carbocycles. The van der Waals surface area contributed by atoms with Gasteiger partial charge in [-0.15, -0.1) is 0 Å². The van der Waals surface area contributed by atoms with E-state index in [1.165, 1.54) is 11.8 Å². The van der Waals surface area contributed by atoms with Crippen molar-refractivity contribution in [3.05, 3.63) is 0 Å². The highest BCUT2D eigenvalue weighted by molar-refractivity contribution is 7.99. The Bertz CT molecular complexity index is 550. The maximum atomic E-state index is 11.8. The van der Waals surface area contributed by atoms with Crippen LogP contribution in [-0.2, 0) is 42.8 Å². The third-order valence-corrected chi connectivity index (χ3v) is 5.43. The molecule has 1 unspecified atom stereocenters. The predicted molar refractivity (Wildman–Crippen MR) is 132 cm³/mol. The number of ether oxygens (including phenoxy) is 6. The Morgan fingerprint density at radius 1 is 0.714 bits per heavy atom. The number of carboxylic acids is 1. The quantitative estimate of drug-likeness (QED) is 0.157. The Hall–Kier alpha value is -1.28. The van der Waals surface area contributed by atoms with Crippen LogP contribution in [0.5, 0.6) is 0 Å². The van der Waals surface area contributed by atoms with Crippen molar-refractivity contribution < 1.29 is 47.9 Å². The van der Waals surface area contributed by atoms with Crippen molar-refractivity contribution in [2.45, 2.75) is 31.9 Å². The molecule has 0 heterocycles. The third-order valence-electron chi connectivity index (χ3n) is 4.48. The van der Waals surface area contributed by atoms with E-state index in [9.17, 15) is 14.4 Å². The van der Waals surface area contributed by atoms with E-state index in [-0.39, 0.29) is 24.0 Å². The average Bonchev–Trinajstić information content (AvgIpc) is 2.82. The SMILES string of the molecule is CSC(CC(=O)O)C(=O)NCCOCCOCCOCCOCCOCCOCCC(=O)C(C)C. The molecule has 0 aromatic rings. The van der Waals surface area contributed by atoms with Gasteiger partial charge in [0.25, 0.3) is 0 Å². The van der Waals surface area contributed by atoms with Crippen LogP contribution >= 0.6 is 11.8 Å². The molecule has 0 radical (unpaired) electrons. The van der Waals surface area contributed by atoms with Gasteiger partial charge in [-0.3, -0.25) is 14.4 Å². The van der Waals surface area contributed by atoms with Gasteiger partial charge in [-0.1, -0.05) is 13.8 Å². The van der Waals surface area contributed by atoms with E-state index in [2.05, 4.69) is 5.32 Å². The second-order valence-electron chi connectivity index (χ2n) is 7.66. The van der Waals surface area contributed by atoms with Crippen LogP contribution in [0, 0.1) is 5.92 Å². The maximum Gasteiger partial charge on any atom is 0.305 e. The third kappa shape index (κ3) is 22.9. The second-order valence-corrected chi connectivity index (χ2v) is 8.70. The van der Waals surface area contributed by atoms with E-state index in [1.807, 2.05) is 13.8 Å². The zero-order valence-corrected chi connectivity index (χ0v) is 22.1. The molecule has 206 valence electrons. The van der Waals surface area contributed by atoms with Gasteiger partial charge >= 0.3 is 5.97 Å². The molecule has 0 rings (SSSR count). The molecule has 0 bridgehead atoms. The summed E-state index contributed by atoms with van der Waals surface area (Å²) >= 11 is 1.21. The zero-order valence-electron chi connectivity index (χ0n) is 21.3. The lowest BCUT2D eigenvalue weighted by Crippen LogP contribution is -2.36. The average molecular weight is 526 g/mol. The fourth-order valence-corrected chi connectivity index (χ4v) is 3.07. The minimum atomic E-state index is -0.999. The second kappa shape index (κ2) is 24.4. The predicted octanol–water partition coefficient (Wildman–Crippen LogP) is 1.02. The lowest BCUT2D eigenvalue weighted by molar-refractivity contribution is -0.138. The Kier molecular flexibility index (Phi) is 23.5. The number of carbonyl (C=O) groups excluding carboxylic acids is 2. The zero-order chi connectivity index (χ0) is 26.2. The highest BCUT2D eigenvalue weighted by atomic mass is 32.2. The molecule has 0 aromatic heterocycles. The van der Waals surface area contributed by atoms with Crippen molar-refractivity contribution in [1.82, 2.24) is 5.32 Å².